The number of nitrogens with one attached hydrogen (secondary N) is 2. The van der Waals surface area contributed by atoms with Crippen molar-refractivity contribution >= 4 is 23.3 Å². The summed E-state index contributed by atoms with van der Waals surface area (Å²) in [5, 5.41) is 0. The van der Waals surface area contributed by atoms with Gasteiger partial charge in [0, 0.05) is 0 Å². The lowest BCUT2D eigenvalue weighted by Crippen LogP contribution is -2.10. The molecule has 0 aliphatic rings. The fraction of sp³-hybridized carbons (Fsp3) is 0.143. The molecule has 0 saturated heterocycles. The molecule has 2 N–H and O–H groups in total. The van der Waals surface area contributed by atoms with Gasteiger partial charge in [-0.1, -0.05) is 0 Å². The van der Waals surface area contributed by atoms with Gasteiger partial charge < -0.3 is 4.98 Å². The molecule has 0 aromatic carbocycles. The van der Waals surface area contributed by atoms with Gasteiger partial charge in [-0.2, -0.15) is 0 Å². The van der Waals surface area contributed by atoms with Crippen molar-refractivity contribution in [3.8, 4) is 0 Å². The Morgan fingerprint density at radius 2 is 2.23 bits per heavy atom. The third-order valence-electron chi connectivity index (χ3n) is 1.60. The van der Waals surface area contributed by atoms with Crippen LogP contribution in [0, 0.1) is 11.7 Å². The van der Waals surface area contributed by atoms with Crippen LogP contribution >= 0.6 is 12.2 Å². The number of fused-ring (bicyclic) bond motifs is 1. The van der Waals surface area contributed by atoms with E-state index in [1.807, 2.05) is 0 Å². The Hall–Kier alpha value is -1.56. The maximum absolute atomic E-state index is 11.3. The first-order valence-electron chi connectivity index (χ1n) is 3.63. The maximum Gasteiger partial charge on any atom is 0.278 e. The van der Waals surface area contributed by atoms with Gasteiger partial charge in [0.05, 0.1) is 11.7 Å². The van der Waals surface area contributed by atoms with Gasteiger partial charge in [0.2, 0.25) is 0 Å². The highest BCUT2D eigenvalue weighted by atomic mass is 32.1. The van der Waals surface area contributed by atoms with E-state index in [1.54, 1.807) is 13.1 Å². The van der Waals surface area contributed by atoms with Crippen molar-refractivity contribution < 1.29 is 0 Å². The zero-order chi connectivity index (χ0) is 9.42. The Bertz CT molecular complexity index is 570. The zero-order valence-corrected chi connectivity index (χ0v) is 7.60. The lowest BCUT2D eigenvalue weighted by atomic mass is 10.4. The van der Waals surface area contributed by atoms with Crippen molar-refractivity contribution in [2.24, 2.45) is 0 Å². The van der Waals surface area contributed by atoms with Crippen molar-refractivity contribution in [1.29, 1.82) is 0 Å². The van der Waals surface area contributed by atoms with Crippen molar-refractivity contribution in [3.63, 3.8) is 0 Å². The molecule has 0 spiro atoms. The largest absolute Gasteiger partial charge is 0.329 e. The molecule has 13 heavy (non-hydrogen) atoms. The lowest BCUT2D eigenvalue weighted by Gasteiger charge is -1.95. The summed E-state index contributed by atoms with van der Waals surface area (Å²) in [6, 6.07) is 0. The molecule has 0 atom stereocenters. The monoisotopic (exact) mass is 194 g/mol. The molecular formula is C7H6N4OS. The standard InChI is InChI=1S/C7H6N4OS/c1-3-8-2-4-5(9-3)6(12)11-7(13)10-4/h2H,1H3,(H2,10,11,12,13). The highest BCUT2D eigenvalue weighted by Crippen LogP contribution is 2.00. The minimum atomic E-state index is -0.288. The SMILES string of the molecule is Cc1ncc2[nH]c(=S)[nH]c(=O)c2n1. The molecule has 0 bridgehead atoms. The number of nitrogens with zero attached hydrogens (tertiary/aromatic N) is 2. The Morgan fingerprint density at radius 1 is 1.46 bits per heavy atom. The van der Waals surface area contributed by atoms with Crippen LogP contribution in [0.25, 0.3) is 11.0 Å². The predicted octanol–water partition coefficient (Wildman–Crippen LogP) is 0.684. The number of hydrogen-bond acceptors (Lipinski definition) is 4. The van der Waals surface area contributed by atoms with Gasteiger partial charge in [-0.15, -0.1) is 0 Å². The quantitative estimate of drug-likeness (QED) is 0.605. The third-order valence-corrected chi connectivity index (χ3v) is 1.80. The van der Waals surface area contributed by atoms with Crippen molar-refractivity contribution in [3.05, 3.63) is 27.1 Å². The molecule has 0 aliphatic carbocycles. The first kappa shape index (κ1) is 8.06. The van der Waals surface area contributed by atoms with Crippen molar-refractivity contribution in [2.75, 3.05) is 0 Å². The third kappa shape index (κ3) is 1.35. The van der Waals surface area contributed by atoms with Gasteiger partial charge in [0.15, 0.2) is 10.3 Å². The first-order valence-corrected chi connectivity index (χ1v) is 4.03. The van der Waals surface area contributed by atoms with Crippen LogP contribution in [0.5, 0.6) is 0 Å². The Balaban J connectivity index is 3.04. The number of rotatable bonds is 0. The molecule has 2 rings (SSSR count). The summed E-state index contributed by atoms with van der Waals surface area (Å²) in [4.78, 5) is 24.5. The molecule has 0 amide bonds. The second-order valence-corrected chi connectivity index (χ2v) is 3.00. The minimum absolute atomic E-state index is 0.282. The number of aromatic nitrogens is 4. The number of H-pyrrole nitrogens is 2. The van der Waals surface area contributed by atoms with E-state index >= 15 is 0 Å². The Morgan fingerprint density at radius 3 is 3.00 bits per heavy atom. The normalized spacial score (nSPS) is 10.5. The van der Waals surface area contributed by atoms with Gasteiger partial charge in [-0.25, -0.2) is 9.97 Å². The molecule has 66 valence electrons. The van der Waals surface area contributed by atoms with E-state index in [2.05, 4.69) is 19.9 Å². The second kappa shape index (κ2) is 2.74. The zero-order valence-electron chi connectivity index (χ0n) is 6.79. The fourth-order valence-corrected chi connectivity index (χ4v) is 1.25. The molecule has 2 aromatic heterocycles. The average molecular weight is 194 g/mol. The van der Waals surface area contributed by atoms with Crippen LogP contribution in [0.1, 0.15) is 5.82 Å². The molecule has 0 saturated carbocycles. The van der Waals surface area contributed by atoms with Crippen LogP contribution in [-0.2, 0) is 0 Å². The molecule has 5 nitrogen and oxygen atoms in total. The lowest BCUT2D eigenvalue weighted by molar-refractivity contribution is 1.04. The maximum atomic E-state index is 11.3. The topological polar surface area (TPSA) is 74.4 Å². The van der Waals surface area contributed by atoms with Crippen LogP contribution in [0.4, 0.5) is 0 Å². The first-order chi connectivity index (χ1) is 6.16. The second-order valence-electron chi connectivity index (χ2n) is 2.59. The number of aromatic amines is 2. The van der Waals surface area contributed by atoms with Gasteiger partial charge >= 0.3 is 0 Å². The van der Waals surface area contributed by atoms with Crippen LogP contribution in [0.15, 0.2) is 11.0 Å². The summed E-state index contributed by atoms with van der Waals surface area (Å²) in [5.41, 5.74) is 0.602. The highest BCUT2D eigenvalue weighted by molar-refractivity contribution is 7.71. The van der Waals surface area contributed by atoms with Crippen LogP contribution in [-0.4, -0.2) is 19.9 Å². The summed E-state index contributed by atoms with van der Waals surface area (Å²) < 4.78 is 0.282. The summed E-state index contributed by atoms with van der Waals surface area (Å²) in [7, 11) is 0. The van der Waals surface area contributed by atoms with Crippen LogP contribution in [0.2, 0.25) is 0 Å². The number of aryl methyl sites for hydroxylation is 1. The highest BCUT2D eigenvalue weighted by Gasteiger charge is 2.00. The van der Waals surface area contributed by atoms with E-state index in [9.17, 15) is 4.79 Å². The molecule has 0 aliphatic heterocycles. The molecular weight excluding hydrogens is 188 g/mol. The van der Waals surface area contributed by atoms with Crippen LogP contribution < -0.4 is 5.56 Å². The number of hydrogen-bond donors (Lipinski definition) is 2. The van der Waals surface area contributed by atoms with E-state index < -0.39 is 0 Å². The van der Waals surface area contributed by atoms with Gasteiger partial charge in [-0.3, -0.25) is 9.78 Å². The molecule has 6 heteroatoms. The van der Waals surface area contributed by atoms with E-state index in [0.717, 1.165) is 0 Å². The summed E-state index contributed by atoms with van der Waals surface area (Å²) in [6.07, 6.45) is 1.54. The van der Waals surface area contributed by atoms with Crippen molar-refractivity contribution in [2.45, 2.75) is 6.92 Å². The van der Waals surface area contributed by atoms with E-state index in [1.165, 1.54) is 0 Å². The molecule has 2 heterocycles. The molecule has 0 radical (unpaired) electrons. The van der Waals surface area contributed by atoms with Crippen molar-refractivity contribution in [1.82, 2.24) is 19.9 Å². The van der Waals surface area contributed by atoms with Gasteiger partial charge in [-0.05, 0) is 19.1 Å². The van der Waals surface area contributed by atoms with E-state index in [4.69, 9.17) is 12.2 Å². The summed E-state index contributed by atoms with van der Waals surface area (Å²) in [6.45, 7) is 1.72. The van der Waals surface area contributed by atoms with E-state index in [0.29, 0.717) is 16.9 Å². The molecule has 0 unspecified atom stereocenters. The average Bonchev–Trinajstić information content (AvgIpc) is 2.06. The summed E-state index contributed by atoms with van der Waals surface area (Å²) in [5.74, 6) is 0.559. The Labute approximate surface area is 77.9 Å². The fourth-order valence-electron chi connectivity index (χ4n) is 1.05. The summed E-state index contributed by atoms with van der Waals surface area (Å²) >= 11 is 4.79. The predicted molar refractivity (Wildman–Crippen MR) is 50.1 cm³/mol. The molecule has 2 aromatic rings. The van der Waals surface area contributed by atoms with Gasteiger partial charge in [0.25, 0.3) is 5.56 Å². The smallest absolute Gasteiger partial charge is 0.278 e. The van der Waals surface area contributed by atoms with Crippen LogP contribution in [0.3, 0.4) is 0 Å². The van der Waals surface area contributed by atoms with Gasteiger partial charge in [0.1, 0.15) is 5.82 Å². The Kier molecular flexibility index (Phi) is 1.70. The molecule has 0 fully saturated rings. The van der Waals surface area contributed by atoms with E-state index in [-0.39, 0.29) is 10.3 Å². The minimum Gasteiger partial charge on any atom is -0.329 e.